The lowest BCUT2D eigenvalue weighted by Gasteiger charge is -2.39. The first kappa shape index (κ1) is 24.6. The van der Waals surface area contributed by atoms with Gasteiger partial charge >= 0.3 is 5.97 Å². The van der Waals surface area contributed by atoms with Crippen molar-refractivity contribution >= 4 is 11.8 Å². The van der Waals surface area contributed by atoms with Crippen LogP contribution in [0.15, 0.2) is 48.5 Å². The van der Waals surface area contributed by atoms with Crippen molar-refractivity contribution in [1.29, 1.82) is 0 Å². The molecule has 0 saturated carbocycles. The third kappa shape index (κ3) is 5.41. The number of carboxylic acid groups (broad SMARTS) is 1. The summed E-state index contributed by atoms with van der Waals surface area (Å²) in [5.41, 5.74) is 9.38. The van der Waals surface area contributed by atoms with E-state index in [1.807, 2.05) is 49.1 Å². The average Bonchev–Trinajstić information content (AvgIpc) is 2.85. The van der Waals surface area contributed by atoms with E-state index in [1.54, 1.807) is 12.1 Å². The Balaban J connectivity index is 1.67. The van der Waals surface area contributed by atoms with Gasteiger partial charge in [-0.15, -0.1) is 0 Å². The number of likely N-dealkylation sites (N-methyl/N-ethyl adjacent to an activating group) is 1. The van der Waals surface area contributed by atoms with Crippen molar-refractivity contribution in [1.82, 2.24) is 9.88 Å². The lowest BCUT2D eigenvalue weighted by molar-refractivity contribution is -0.139. The molecule has 7 nitrogen and oxygen atoms in total. The summed E-state index contributed by atoms with van der Waals surface area (Å²) in [4.78, 5) is 19.3. The standard InChI is InChI=1S/C26H28F2N4O3/c1-3-31-7-8-32(23(15-31)26(33)34)24-21(27)13-22(28)25(30-24)35-20-10-16(2)9-19(12-20)18-6-4-5-17(11-18)14-29/h4-6,9-13,23H,3,7-8,14-15,29H2,1-2H3,(H,33,34). The first-order chi connectivity index (χ1) is 16.8. The molecule has 3 N–H and O–H groups in total. The Labute approximate surface area is 202 Å². The van der Waals surface area contributed by atoms with E-state index < -0.39 is 29.5 Å². The monoisotopic (exact) mass is 482 g/mol. The van der Waals surface area contributed by atoms with E-state index in [4.69, 9.17) is 10.5 Å². The quantitative estimate of drug-likeness (QED) is 0.522. The Kier molecular flexibility index (Phi) is 7.28. The van der Waals surface area contributed by atoms with Crippen LogP contribution in [0.2, 0.25) is 0 Å². The second-order valence-electron chi connectivity index (χ2n) is 8.56. The maximum atomic E-state index is 14.8. The third-order valence-electron chi connectivity index (χ3n) is 6.11. The molecular formula is C26H28F2N4O3. The van der Waals surface area contributed by atoms with Gasteiger partial charge in [0.05, 0.1) is 0 Å². The van der Waals surface area contributed by atoms with Crippen LogP contribution < -0.4 is 15.4 Å². The molecule has 0 spiro atoms. The number of nitrogens with two attached hydrogens (primary N) is 1. The molecule has 35 heavy (non-hydrogen) atoms. The molecule has 0 amide bonds. The van der Waals surface area contributed by atoms with Gasteiger partial charge in [-0.3, -0.25) is 4.90 Å². The van der Waals surface area contributed by atoms with Crippen LogP contribution in [0.4, 0.5) is 14.6 Å². The second-order valence-corrected chi connectivity index (χ2v) is 8.56. The van der Waals surface area contributed by atoms with E-state index in [-0.39, 0.29) is 18.9 Å². The van der Waals surface area contributed by atoms with Crippen LogP contribution in [-0.4, -0.2) is 53.2 Å². The highest BCUT2D eigenvalue weighted by Crippen LogP contribution is 2.33. The summed E-state index contributed by atoms with van der Waals surface area (Å²) in [6, 6.07) is 12.9. The maximum absolute atomic E-state index is 14.8. The summed E-state index contributed by atoms with van der Waals surface area (Å²) in [7, 11) is 0. The summed E-state index contributed by atoms with van der Waals surface area (Å²) in [5, 5.41) is 9.71. The molecule has 9 heteroatoms. The second kappa shape index (κ2) is 10.4. The van der Waals surface area contributed by atoms with Crippen LogP contribution in [0.25, 0.3) is 11.1 Å². The van der Waals surface area contributed by atoms with E-state index >= 15 is 0 Å². The first-order valence-electron chi connectivity index (χ1n) is 11.5. The van der Waals surface area contributed by atoms with Crippen molar-refractivity contribution in [3.8, 4) is 22.8 Å². The normalized spacial score (nSPS) is 16.4. The summed E-state index contributed by atoms with van der Waals surface area (Å²) >= 11 is 0. The van der Waals surface area contributed by atoms with Gasteiger partial charge in [0.25, 0.3) is 5.88 Å². The number of rotatable bonds is 7. The highest BCUT2D eigenvalue weighted by Gasteiger charge is 2.34. The van der Waals surface area contributed by atoms with Gasteiger partial charge in [0.2, 0.25) is 0 Å². The number of aliphatic carboxylic acids is 1. The molecule has 1 fully saturated rings. The molecular weight excluding hydrogens is 454 g/mol. The van der Waals surface area contributed by atoms with Crippen molar-refractivity contribution in [2.45, 2.75) is 26.4 Å². The van der Waals surface area contributed by atoms with Gasteiger partial charge < -0.3 is 20.5 Å². The number of benzene rings is 2. The number of halogens is 2. The number of ether oxygens (including phenoxy) is 1. The minimum atomic E-state index is -1.10. The van der Waals surface area contributed by atoms with Crippen molar-refractivity contribution in [3.05, 3.63) is 71.3 Å². The lowest BCUT2D eigenvalue weighted by Crippen LogP contribution is -2.57. The first-order valence-corrected chi connectivity index (χ1v) is 11.5. The summed E-state index contributed by atoms with van der Waals surface area (Å²) in [5.74, 6) is -3.34. The zero-order chi connectivity index (χ0) is 25.1. The van der Waals surface area contributed by atoms with Crippen LogP contribution in [0.3, 0.4) is 0 Å². The minimum Gasteiger partial charge on any atom is -0.480 e. The van der Waals surface area contributed by atoms with Crippen molar-refractivity contribution in [2.24, 2.45) is 5.73 Å². The van der Waals surface area contributed by atoms with E-state index in [0.717, 1.165) is 22.3 Å². The van der Waals surface area contributed by atoms with Crippen molar-refractivity contribution in [2.75, 3.05) is 31.1 Å². The Bertz CT molecular complexity index is 1240. The Morgan fingerprint density at radius 1 is 1.14 bits per heavy atom. The number of aromatic nitrogens is 1. The molecule has 184 valence electrons. The van der Waals surface area contributed by atoms with Crippen LogP contribution in [0.5, 0.6) is 11.6 Å². The molecule has 1 aliphatic heterocycles. The van der Waals surface area contributed by atoms with Crippen LogP contribution in [-0.2, 0) is 11.3 Å². The number of aryl methyl sites for hydroxylation is 1. The number of pyridine rings is 1. The topological polar surface area (TPSA) is 91.9 Å². The molecule has 0 radical (unpaired) electrons. The number of carboxylic acids is 1. The fourth-order valence-corrected chi connectivity index (χ4v) is 4.27. The van der Waals surface area contributed by atoms with E-state index in [0.29, 0.717) is 31.5 Å². The predicted octanol–water partition coefficient (Wildman–Crippen LogP) is 4.18. The number of piperazine rings is 1. The molecule has 1 atom stereocenters. The van der Waals surface area contributed by atoms with Crippen molar-refractivity contribution in [3.63, 3.8) is 0 Å². The molecule has 1 aromatic heterocycles. The van der Waals surface area contributed by atoms with E-state index in [9.17, 15) is 18.7 Å². The molecule has 2 heterocycles. The fourth-order valence-electron chi connectivity index (χ4n) is 4.27. The highest BCUT2D eigenvalue weighted by atomic mass is 19.1. The summed E-state index contributed by atoms with van der Waals surface area (Å²) in [6.45, 7) is 5.89. The number of anilines is 1. The molecule has 1 unspecified atom stereocenters. The number of hydrogen-bond acceptors (Lipinski definition) is 6. The maximum Gasteiger partial charge on any atom is 0.327 e. The van der Waals surface area contributed by atoms with Gasteiger partial charge in [-0.1, -0.05) is 31.2 Å². The van der Waals surface area contributed by atoms with Gasteiger partial charge in [-0.25, -0.2) is 13.6 Å². The average molecular weight is 483 g/mol. The van der Waals surface area contributed by atoms with Gasteiger partial charge in [-0.2, -0.15) is 4.98 Å². The van der Waals surface area contributed by atoms with Crippen LogP contribution in [0.1, 0.15) is 18.1 Å². The summed E-state index contributed by atoms with van der Waals surface area (Å²) < 4.78 is 35.2. The molecule has 1 saturated heterocycles. The lowest BCUT2D eigenvalue weighted by atomic mass is 10.0. The fraction of sp³-hybridized carbons (Fsp3) is 0.308. The molecule has 2 aromatic carbocycles. The molecule has 0 bridgehead atoms. The van der Waals surface area contributed by atoms with Gasteiger partial charge in [-0.05, 0) is 53.9 Å². The van der Waals surface area contributed by atoms with Crippen molar-refractivity contribution < 1.29 is 23.4 Å². The molecule has 4 rings (SSSR count). The Morgan fingerprint density at radius 3 is 2.66 bits per heavy atom. The summed E-state index contributed by atoms with van der Waals surface area (Å²) in [6.07, 6.45) is 0. The van der Waals surface area contributed by atoms with E-state index in [2.05, 4.69) is 4.98 Å². The van der Waals surface area contributed by atoms with Gasteiger partial charge in [0, 0.05) is 32.2 Å². The molecule has 0 aliphatic carbocycles. The van der Waals surface area contributed by atoms with Gasteiger partial charge in [0.1, 0.15) is 11.8 Å². The number of nitrogens with zero attached hydrogens (tertiary/aromatic N) is 3. The highest BCUT2D eigenvalue weighted by molar-refractivity contribution is 5.78. The van der Waals surface area contributed by atoms with Crippen LogP contribution >= 0.6 is 0 Å². The predicted molar refractivity (Wildman–Crippen MR) is 130 cm³/mol. The zero-order valence-corrected chi connectivity index (χ0v) is 19.7. The number of hydrogen-bond donors (Lipinski definition) is 2. The number of carbonyl (C=O) groups is 1. The third-order valence-corrected chi connectivity index (χ3v) is 6.11. The zero-order valence-electron chi connectivity index (χ0n) is 19.7. The smallest absolute Gasteiger partial charge is 0.327 e. The largest absolute Gasteiger partial charge is 0.480 e. The van der Waals surface area contributed by atoms with E-state index in [1.165, 1.54) is 4.90 Å². The SMILES string of the molecule is CCN1CCN(c2nc(Oc3cc(C)cc(-c4cccc(CN)c4)c3)c(F)cc2F)C(C(=O)O)C1. The molecule has 1 aliphatic rings. The Morgan fingerprint density at radius 2 is 1.94 bits per heavy atom. The van der Waals surface area contributed by atoms with Gasteiger partial charge in [0.15, 0.2) is 17.5 Å². The Hall–Kier alpha value is -3.56. The molecule has 3 aromatic rings. The minimum absolute atomic E-state index is 0.212. The van der Waals surface area contributed by atoms with Crippen LogP contribution in [0, 0.1) is 18.6 Å².